The number of likely N-dealkylation sites (tertiary alicyclic amines) is 1. The first kappa shape index (κ1) is 80.6. The highest BCUT2D eigenvalue weighted by atomic mass is 16.5. The molecule has 10 aliphatic heterocycles. The highest BCUT2D eigenvalue weighted by Crippen LogP contribution is 2.38. The number of fused-ring (bicyclic) bond motifs is 5. The summed E-state index contributed by atoms with van der Waals surface area (Å²) in [5.74, 6) is 4.59. The number of nitrogens with two attached hydrogens (primary N) is 5. The van der Waals surface area contributed by atoms with E-state index in [0.29, 0.717) is 6.04 Å². The van der Waals surface area contributed by atoms with Crippen LogP contribution in [0.5, 0.6) is 28.7 Å². The van der Waals surface area contributed by atoms with Gasteiger partial charge in [-0.05, 0) is 128 Å². The minimum absolute atomic E-state index is 0.258. The van der Waals surface area contributed by atoms with Crippen molar-refractivity contribution in [2.75, 3.05) is 357 Å². The van der Waals surface area contributed by atoms with Gasteiger partial charge in [-0.1, -0.05) is 0 Å². The third-order valence-electron chi connectivity index (χ3n) is 22.5. The monoisotopic (exact) mass is 1480 g/mol. The Balaban J connectivity index is 0.000000133. The molecule has 5 saturated heterocycles. The quantitative estimate of drug-likeness (QED) is 0.0489. The molecule has 0 spiro atoms. The number of rotatable bonds is 22. The van der Waals surface area contributed by atoms with Crippen LogP contribution >= 0.6 is 0 Å². The fourth-order valence-corrected chi connectivity index (χ4v) is 15.7. The second-order valence-electron chi connectivity index (χ2n) is 30.3. The number of hydrogen-bond donors (Lipinski definition) is 7. The molecule has 0 radical (unpaired) electrons. The van der Waals surface area contributed by atoms with Crippen molar-refractivity contribution in [1.29, 1.82) is 0 Å². The second kappa shape index (κ2) is 41.4. The molecule has 12 N–H and O–H groups in total. The van der Waals surface area contributed by atoms with Crippen molar-refractivity contribution in [2.24, 2.45) is 0 Å². The molecule has 5 fully saturated rings. The van der Waals surface area contributed by atoms with E-state index in [1.807, 2.05) is 60.7 Å². The van der Waals surface area contributed by atoms with Crippen molar-refractivity contribution in [3.05, 3.63) is 91.0 Å². The largest absolute Gasteiger partial charge is 0.489 e. The molecule has 0 aliphatic carbocycles. The maximum absolute atomic E-state index is 8.99. The van der Waals surface area contributed by atoms with Crippen molar-refractivity contribution in [3.8, 4) is 28.7 Å². The Labute approximate surface area is 638 Å². The van der Waals surface area contributed by atoms with Gasteiger partial charge in [0, 0.05) is 242 Å². The van der Waals surface area contributed by atoms with E-state index in [-0.39, 0.29) is 13.2 Å². The summed E-state index contributed by atoms with van der Waals surface area (Å²) in [6.07, 6.45) is 3.64. The van der Waals surface area contributed by atoms with Crippen LogP contribution in [0, 0.1) is 0 Å². The molecule has 0 amide bonds. The standard InChI is InChI=1S/C17H28N4O2.C16H26N4O2.2C16H26N4O.C15H24N4O/c18-15-2-3-16-17(14-15)23-13-11-21(16)5-1-4-19-6-8-20(9-7-19)10-12-22;17-14-1-2-15-16(13-14)22-12-10-20(15)8-7-18-3-5-19(6-4-18)9-11-21;1-18(2)14-5-6-19(12-14)7-8-20-9-10-21-16-11-13(17)3-4-15(16)20;1-18-7-9-19(10-8-18)5-2-6-20-11-12-21-16-13-14(17)3-4-15(16)20;1-17-4-6-18(7-5-17)8-9-19-10-11-20-15-12-13(16)2-3-14(15)19/h2-3,14,22H,1,4-13,18H2;1-2,13,21H,3-12,17H2;3-4,11,14H,5-10,12,17H2,1-2H3;3-4,13H,2,5-12,17H2,1H3;2-3,12H,4-11,16H2,1H3. The molecule has 5 aromatic rings. The zero-order valence-corrected chi connectivity index (χ0v) is 65.1. The number of benzene rings is 5. The summed E-state index contributed by atoms with van der Waals surface area (Å²) >= 11 is 0. The number of hydrogen-bond acceptors (Lipinski definition) is 27. The van der Waals surface area contributed by atoms with Gasteiger partial charge in [-0.25, -0.2) is 0 Å². The number of aliphatic hydroxyl groups is 2. The van der Waals surface area contributed by atoms with E-state index >= 15 is 0 Å². The first-order chi connectivity index (χ1) is 52.1. The fraction of sp³-hybridized carbons (Fsp3) is 0.625. The highest BCUT2D eigenvalue weighted by molar-refractivity contribution is 5.69. The van der Waals surface area contributed by atoms with Gasteiger partial charge in [-0.15, -0.1) is 0 Å². The molecule has 10 heterocycles. The lowest BCUT2D eigenvalue weighted by Crippen LogP contribution is -2.49. The van der Waals surface area contributed by atoms with E-state index < -0.39 is 0 Å². The van der Waals surface area contributed by atoms with Gasteiger partial charge in [-0.3, -0.25) is 24.5 Å². The Morgan fingerprint density at radius 2 is 0.561 bits per heavy atom. The minimum Gasteiger partial charge on any atom is -0.489 e. The summed E-state index contributed by atoms with van der Waals surface area (Å²) in [7, 11) is 8.75. The van der Waals surface area contributed by atoms with Crippen LogP contribution in [-0.4, -0.2) is 369 Å². The first-order valence-corrected chi connectivity index (χ1v) is 39.8. The maximum atomic E-state index is 8.99. The molecule has 27 nitrogen and oxygen atoms in total. The number of likely N-dealkylation sites (N-methyl/N-ethyl adjacent to an activating group) is 3. The molecule has 592 valence electrons. The molecule has 107 heavy (non-hydrogen) atoms. The molecule has 10 aliphatic rings. The minimum atomic E-state index is 0.258. The van der Waals surface area contributed by atoms with E-state index in [1.54, 1.807) is 0 Å². The summed E-state index contributed by atoms with van der Waals surface area (Å²) < 4.78 is 28.5. The van der Waals surface area contributed by atoms with Crippen LogP contribution < -0.4 is 76.9 Å². The summed E-state index contributed by atoms with van der Waals surface area (Å²) in [6, 6.07) is 30.5. The zero-order chi connectivity index (χ0) is 74.9. The van der Waals surface area contributed by atoms with Crippen LogP contribution in [0.15, 0.2) is 91.0 Å². The Hall–Kier alpha value is -7.38. The van der Waals surface area contributed by atoms with E-state index in [2.05, 4.69) is 132 Å². The molecular formula is C80H130N20O7. The highest BCUT2D eigenvalue weighted by Gasteiger charge is 2.28. The van der Waals surface area contributed by atoms with Crippen LogP contribution in [0.25, 0.3) is 0 Å². The summed E-state index contributed by atoms with van der Waals surface area (Å²) in [4.78, 5) is 36.6. The lowest BCUT2D eigenvalue weighted by Gasteiger charge is -2.37. The number of piperazine rings is 4. The van der Waals surface area contributed by atoms with Gasteiger partial charge >= 0.3 is 0 Å². The second-order valence-corrected chi connectivity index (χ2v) is 30.3. The summed E-state index contributed by atoms with van der Waals surface area (Å²) in [5, 5.41) is 18.0. The zero-order valence-electron chi connectivity index (χ0n) is 65.1. The average Bonchev–Trinajstić information content (AvgIpc) is 1.81. The van der Waals surface area contributed by atoms with Crippen molar-refractivity contribution in [3.63, 3.8) is 0 Å². The van der Waals surface area contributed by atoms with Crippen molar-refractivity contribution in [2.45, 2.75) is 25.3 Å². The average molecular weight is 1480 g/mol. The maximum Gasteiger partial charge on any atom is 0.144 e. The molecular weight excluding hydrogens is 1350 g/mol. The molecule has 5 aromatic carbocycles. The van der Waals surface area contributed by atoms with Crippen LogP contribution in [0.2, 0.25) is 0 Å². The third kappa shape index (κ3) is 24.6. The number of ether oxygens (including phenoxy) is 5. The smallest absolute Gasteiger partial charge is 0.144 e. The topological polar surface area (TPSA) is 265 Å². The van der Waals surface area contributed by atoms with Gasteiger partial charge in [0.1, 0.15) is 61.8 Å². The number of aliphatic hydroxyl groups excluding tert-OH is 2. The molecule has 0 aromatic heterocycles. The number of nitrogen functional groups attached to an aromatic ring is 5. The Bertz CT molecular complexity index is 3440. The third-order valence-corrected chi connectivity index (χ3v) is 22.5. The van der Waals surface area contributed by atoms with Gasteiger partial charge in [0.25, 0.3) is 0 Å². The van der Waals surface area contributed by atoms with Gasteiger partial charge in [0.15, 0.2) is 0 Å². The van der Waals surface area contributed by atoms with Gasteiger partial charge in [0.2, 0.25) is 0 Å². The van der Waals surface area contributed by atoms with Gasteiger partial charge < -0.3 is 112 Å². The lowest BCUT2D eigenvalue weighted by atomic mass is 10.2. The summed E-state index contributed by atoms with van der Waals surface area (Å²) in [5.41, 5.74) is 38.8. The molecule has 1 atom stereocenters. The van der Waals surface area contributed by atoms with E-state index in [4.69, 9.17) is 62.6 Å². The molecule has 0 bridgehead atoms. The van der Waals surface area contributed by atoms with Crippen LogP contribution in [0.3, 0.4) is 0 Å². The predicted octanol–water partition coefficient (Wildman–Crippen LogP) is 3.47. The van der Waals surface area contributed by atoms with Crippen molar-refractivity contribution < 1.29 is 33.9 Å². The molecule has 0 saturated carbocycles. The predicted molar refractivity (Wildman–Crippen MR) is 438 cm³/mol. The molecule has 27 heteroatoms. The van der Waals surface area contributed by atoms with E-state index in [9.17, 15) is 0 Å². The Morgan fingerprint density at radius 3 is 0.832 bits per heavy atom. The lowest BCUT2D eigenvalue weighted by molar-refractivity contribution is 0.112. The number of anilines is 10. The normalized spacial score (nSPS) is 20.4. The van der Waals surface area contributed by atoms with E-state index in [1.165, 1.54) is 108 Å². The van der Waals surface area contributed by atoms with Crippen molar-refractivity contribution >= 4 is 56.9 Å². The van der Waals surface area contributed by atoms with Crippen LogP contribution in [0.4, 0.5) is 56.9 Å². The number of β-amino-alcohol motifs (C(OH)–C–C–N with tert-alkyl or cyclic N) is 2. The number of nitrogens with zero attached hydrogens (tertiary/aromatic N) is 15. The van der Waals surface area contributed by atoms with Gasteiger partial charge in [0.05, 0.1) is 74.4 Å². The Kier molecular flexibility index (Phi) is 31.2. The fourth-order valence-electron chi connectivity index (χ4n) is 15.7. The van der Waals surface area contributed by atoms with Crippen molar-refractivity contribution in [1.82, 2.24) is 49.0 Å². The SMILES string of the molecule is CN(C)C1CCN(CCN2CCOc3cc(N)ccc32)C1.CN1CCN(CCCN2CCOc3cc(N)ccc32)CC1.CN1CCN(CCN2CCOc3cc(N)ccc32)CC1.Nc1ccc2c(c1)OCCN2CCCN1CCN(CCO)CC1.Nc1ccc2c(c1)OCCN2CCN1CCN(CCO)CC1. The van der Waals surface area contributed by atoms with Crippen LogP contribution in [0.1, 0.15) is 19.3 Å². The Morgan fingerprint density at radius 1 is 0.308 bits per heavy atom. The van der Waals surface area contributed by atoms with Crippen LogP contribution in [-0.2, 0) is 0 Å². The molecule has 1 unspecified atom stereocenters. The molecule has 15 rings (SSSR count). The summed E-state index contributed by atoms with van der Waals surface area (Å²) in [6.45, 7) is 42.0. The first-order valence-electron chi connectivity index (χ1n) is 39.8. The van der Waals surface area contributed by atoms with E-state index in [0.717, 1.165) is 259 Å². The van der Waals surface area contributed by atoms with Gasteiger partial charge in [-0.2, -0.15) is 0 Å².